The van der Waals surface area contributed by atoms with E-state index >= 15 is 0 Å². The predicted octanol–water partition coefficient (Wildman–Crippen LogP) is 1.08. The average molecular weight is 209 g/mol. The molecule has 0 saturated heterocycles. The molecule has 2 heterocycles. The van der Waals surface area contributed by atoms with Crippen LogP contribution in [0.4, 0.5) is 0 Å². The van der Waals surface area contributed by atoms with Gasteiger partial charge < -0.3 is 9.67 Å². The number of hydrogen-bond acceptors (Lipinski definition) is 4. The monoisotopic (exact) mass is 209 g/mol. The number of aliphatic hydroxyl groups is 1. The maximum absolute atomic E-state index is 8.76. The van der Waals surface area contributed by atoms with E-state index in [1.54, 1.807) is 23.9 Å². The first-order valence-corrected chi connectivity index (χ1v) is 5.21. The normalized spacial score (nSPS) is 10.7. The summed E-state index contributed by atoms with van der Waals surface area (Å²) in [5.41, 5.74) is 1.95. The molecule has 2 rings (SSSR count). The third-order valence-electron chi connectivity index (χ3n) is 1.96. The summed E-state index contributed by atoms with van der Waals surface area (Å²) in [6, 6.07) is 0. The topological polar surface area (TPSA) is 50.9 Å². The van der Waals surface area contributed by atoms with E-state index in [0.717, 1.165) is 16.4 Å². The molecule has 4 nitrogen and oxygen atoms in total. The molecule has 1 N–H and O–H groups in total. The van der Waals surface area contributed by atoms with E-state index in [2.05, 4.69) is 9.97 Å². The molecule has 0 aliphatic rings. The number of nitrogens with zero attached hydrogens (tertiary/aromatic N) is 3. The van der Waals surface area contributed by atoms with Crippen LogP contribution in [0.25, 0.3) is 10.7 Å². The van der Waals surface area contributed by atoms with Crippen molar-refractivity contribution in [2.45, 2.75) is 6.42 Å². The number of hydrogen-bond donors (Lipinski definition) is 1. The standard InChI is InChI=1S/C9H11N3OS/c1-12-6-10-4-8(12)9-11-7(2-3-13)5-14-9/h4-6,13H,2-3H2,1H3. The zero-order valence-corrected chi connectivity index (χ0v) is 8.66. The molecule has 0 amide bonds. The smallest absolute Gasteiger partial charge is 0.141 e. The van der Waals surface area contributed by atoms with Crippen LogP contribution >= 0.6 is 11.3 Å². The minimum atomic E-state index is 0.147. The lowest BCUT2D eigenvalue weighted by Gasteiger charge is -1.95. The second kappa shape index (κ2) is 3.89. The Morgan fingerprint density at radius 3 is 3.07 bits per heavy atom. The number of imidazole rings is 1. The van der Waals surface area contributed by atoms with Crippen LogP contribution in [0.5, 0.6) is 0 Å². The molecule has 0 aliphatic carbocycles. The highest BCUT2D eigenvalue weighted by Crippen LogP contribution is 2.22. The molecule has 2 aromatic heterocycles. The van der Waals surface area contributed by atoms with Gasteiger partial charge in [0.25, 0.3) is 0 Å². The number of aryl methyl sites for hydroxylation is 1. The first-order chi connectivity index (χ1) is 6.81. The van der Waals surface area contributed by atoms with Crippen LogP contribution in [0.2, 0.25) is 0 Å². The minimum Gasteiger partial charge on any atom is -0.396 e. The zero-order chi connectivity index (χ0) is 9.97. The highest BCUT2D eigenvalue weighted by atomic mass is 32.1. The minimum absolute atomic E-state index is 0.147. The molecule has 0 spiro atoms. The van der Waals surface area contributed by atoms with Crippen LogP contribution in [0, 0.1) is 0 Å². The lowest BCUT2D eigenvalue weighted by molar-refractivity contribution is 0.298. The summed E-state index contributed by atoms with van der Waals surface area (Å²) in [7, 11) is 1.94. The van der Waals surface area contributed by atoms with Crippen molar-refractivity contribution in [1.29, 1.82) is 0 Å². The number of thiazole rings is 1. The van der Waals surface area contributed by atoms with E-state index in [-0.39, 0.29) is 6.61 Å². The number of aliphatic hydroxyl groups excluding tert-OH is 1. The molecule has 5 heteroatoms. The fraction of sp³-hybridized carbons (Fsp3) is 0.333. The third-order valence-corrected chi connectivity index (χ3v) is 2.87. The Kier molecular flexibility index (Phi) is 2.60. The third kappa shape index (κ3) is 1.69. The molecule has 0 radical (unpaired) electrons. The quantitative estimate of drug-likeness (QED) is 0.823. The Balaban J connectivity index is 2.29. The summed E-state index contributed by atoms with van der Waals surface area (Å²) < 4.78 is 1.93. The Morgan fingerprint density at radius 1 is 1.57 bits per heavy atom. The van der Waals surface area contributed by atoms with Crippen LogP contribution in [-0.2, 0) is 13.5 Å². The molecule has 0 atom stereocenters. The lowest BCUT2D eigenvalue weighted by Crippen LogP contribution is -1.92. The second-order valence-corrected chi connectivity index (χ2v) is 3.87. The fourth-order valence-corrected chi connectivity index (χ4v) is 2.12. The molecule has 2 aromatic rings. The first kappa shape index (κ1) is 9.36. The molecule has 14 heavy (non-hydrogen) atoms. The van der Waals surface area contributed by atoms with Crippen molar-refractivity contribution in [3.8, 4) is 10.7 Å². The highest BCUT2D eigenvalue weighted by molar-refractivity contribution is 7.13. The largest absolute Gasteiger partial charge is 0.396 e. The number of aromatic nitrogens is 3. The molecule has 0 saturated carbocycles. The van der Waals surface area contributed by atoms with Crippen LogP contribution in [-0.4, -0.2) is 26.2 Å². The molecule has 0 aliphatic heterocycles. The second-order valence-electron chi connectivity index (χ2n) is 3.01. The predicted molar refractivity (Wildman–Crippen MR) is 55.1 cm³/mol. The Bertz CT molecular complexity index is 421. The van der Waals surface area contributed by atoms with E-state index in [9.17, 15) is 0 Å². The highest BCUT2D eigenvalue weighted by Gasteiger charge is 2.07. The van der Waals surface area contributed by atoms with Gasteiger partial charge in [0.1, 0.15) is 5.01 Å². The zero-order valence-electron chi connectivity index (χ0n) is 7.84. The molecule has 0 unspecified atom stereocenters. The van der Waals surface area contributed by atoms with Crippen molar-refractivity contribution >= 4 is 11.3 Å². The maximum atomic E-state index is 8.76. The van der Waals surface area contributed by atoms with Crippen molar-refractivity contribution < 1.29 is 5.11 Å². The SMILES string of the molecule is Cn1cncc1-c1nc(CCO)cs1. The van der Waals surface area contributed by atoms with Gasteiger partial charge in [0.05, 0.1) is 23.9 Å². The van der Waals surface area contributed by atoms with E-state index in [1.165, 1.54) is 0 Å². The van der Waals surface area contributed by atoms with Crippen molar-refractivity contribution in [1.82, 2.24) is 14.5 Å². The lowest BCUT2D eigenvalue weighted by atomic mass is 10.3. The van der Waals surface area contributed by atoms with Crippen molar-refractivity contribution in [3.63, 3.8) is 0 Å². The van der Waals surface area contributed by atoms with Crippen molar-refractivity contribution in [3.05, 3.63) is 23.6 Å². The van der Waals surface area contributed by atoms with Gasteiger partial charge in [-0.15, -0.1) is 11.3 Å². The van der Waals surface area contributed by atoms with Gasteiger partial charge in [0.15, 0.2) is 0 Å². The van der Waals surface area contributed by atoms with Gasteiger partial charge in [0, 0.05) is 25.5 Å². The van der Waals surface area contributed by atoms with Gasteiger partial charge in [-0.2, -0.15) is 0 Å². The molecular weight excluding hydrogens is 198 g/mol. The molecule has 74 valence electrons. The molecule has 0 bridgehead atoms. The Morgan fingerprint density at radius 2 is 2.43 bits per heavy atom. The summed E-state index contributed by atoms with van der Waals surface area (Å²) in [6.45, 7) is 0.147. The summed E-state index contributed by atoms with van der Waals surface area (Å²) in [5.74, 6) is 0. The summed E-state index contributed by atoms with van der Waals surface area (Å²) in [6.07, 6.45) is 4.17. The summed E-state index contributed by atoms with van der Waals surface area (Å²) in [5, 5.41) is 11.7. The summed E-state index contributed by atoms with van der Waals surface area (Å²) >= 11 is 1.58. The van der Waals surface area contributed by atoms with Gasteiger partial charge >= 0.3 is 0 Å². The number of rotatable bonds is 3. The van der Waals surface area contributed by atoms with Gasteiger partial charge in [-0.1, -0.05) is 0 Å². The van der Waals surface area contributed by atoms with Crippen LogP contribution in [0.15, 0.2) is 17.9 Å². The van der Waals surface area contributed by atoms with Crippen molar-refractivity contribution in [2.24, 2.45) is 7.05 Å². The van der Waals surface area contributed by atoms with E-state index in [1.807, 2.05) is 17.0 Å². The van der Waals surface area contributed by atoms with E-state index < -0.39 is 0 Å². The van der Waals surface area contributed by atoms with Crippen molar-refractivity contribution in [2.75, 3.05) is 6.61 Å². The van der Waals surface area contributed by atoms with E-state index in [4.69, 9.17) is 5.11 Å². The van der Waals surface area contributed by atoms with Crippen LogP contribution < -0.4 is 0 Å². The van der Waals surface area contributed by atoms with E-state index in [0.29, 0.717) is 6.42 Å². The summed E-state index contributed by atoms with van der Waals surface area (Å²) in [4.78, 5) is 8.43. The Labute approximate surface area is 85.9 Å². The van der Waals surface area contributed by atoms with Gasteiger partial charge in [-0.05, 0) is 0 Å². The first-order valence-electron chi connectivity index (χ1n) is 4.33. The van der Waals surface area contributed by atoms with Crippen LogP contribution in [0.1, 0.15) is 5.69 Å². The fourth-order valence-electron chi connectivity index (χ4n) is 1.22. The maximum Gasteiger partial charge on any atom is 0.141 e. The average Bonchev–Trinajstić information content (AvgIpc) is 2.74. The van der Waals surface area contributed by atoms with Gasteiger partial charge in [0.2, 0.25) is 0 Å². The van der Waals surface area contributed by atoms with Gasteiger partial charge in [-0.3, -0.25) is 0 Å². The Hall–Kier alpha value is -1.20. The molecular formula is C9H11N3OS. The van der Waals surface area contributed by atoms with Crippen LogP contribution in [0.3, 0.4) is 0 Å². The van der Waals surface area contributed by atoms with Gasteiger partial charge in [-0.25, -0.2) is 9.97 Å². The molecule has 0 fully saturated rings. The molecule has 0 aromatic carbocycles.